The Morgan fingerprint density at radius 2 is 1.49 bits per heavy atom. The highest BCUT2D eigenvalue weighted by atomic mass is 32.2. The quantitative estimate of drug-likeness (QED) is 0.171. The molecule has 202 valence electrons. The molecule has 2 atom stereocenters. The largest absolute Gasteiger partial charge is 0.345 e. The van der Waals surface area contributed by atoms with E-state index < -0.39 is 10.8 Å². The Labute approximate surface area is 242 Å². The van der Waals surface area contributed by atoms with Crippen molar-refractivity contribution in [1.29, 1.82) is 0 Å². The van der Waals surface area contributed by atoms with Crippen LogP contribution in [0.5, 0.6) is 0 Å². The number of fused-ring (bicyclic) bond motifs is 2. The molecule has 2 heterocycles. The predicted octanol–water partition coefficient (Wildman–Crippen LogP) is 7.48. The third kappa shape index (κ3) is 5.34. The number of aliphatic imine (C=N–C) groups is 2. The lowest BCUT2D eigenvalue weighted by Gasteiger charge is -2.23. The summed E-state index contributed by atoms with van der Waals surface area (Å²) in [4.78, 5) is 11.0. The second-order valence-electron chi connectivity index (χ2n) is 9.82. The number of para-hydroxylation sites is 2. The van der Waals surface area contributed by atoms with Crippen LogP contribution in [0.4, 0.5) is 0 Å². The number of hydrogen-bond acceptors (Lipinski definition) is 3. The molecule has 0 spiro atoms. The number of benzene rings is 4. The highest BCUT2D eigenvalue weighted by molar-refractivity contribution is 7.85. The van der Waals surface area contributed by atoms with Crippen LogP contribution in [-0.4, -0.2) is 21.3 Å². The molecule has 1 N–H and O–H groups in total. The first-order chi connectivity index (χ1) is 20.1. The Morgan fingerprint density at radius 1 is 0.805 bits per heavy atom. The topological polar surface area (TPSA) is 58.8 Å². The van der Waals surface area contributed by atoms with E-state index in [1.807, 2.05) is 84.9 Å². The summed E-state index contributed by atoms with van der Waals surface area (Å²) in [5, 5.41) is 4.53. The molecule has 41 heavy (non-hydrogen) atoms. The van der Waals surface area contributed by atoms with Gasteiger partial charge in [0.1, 0.15) is 12.0 Å². The lowest BCUT2D eigenvalue weighted by Crippen LogP contribution is -2.28. The van der Waals surface area contributed by atoms with Crippen LogP contribution in [0.25, 0.3) is 16.6 Å². The molecule has 1 aliphatic heterocycles. The minimum atomic E-state index is -1.27. The fourth-order valence-electron chi connectivity index (χ4n) is 5.12. The maximum atomic E-state index is 13.6. The zero-order chi connectivity index (χ0) is 28.2. The van der Waals surface area contributed by atoms with E-state index in [-0.39, 0.29) is 6.17 Å². The molecule has 4 aromatic carbocycles. The van der Waals surface area contributed by atoms with Crippen LogP contribution in [0.1, 0.15) is 28.6 Å². The summed E-state index contributed by atoms with van der Waals surface area (Å²) in [6.07, 6.45) is -0.371. The van der Waals surface area contributed by atoms with E-state index in [2.05, 4.69) is 71.0 Å². The molecule has 1 aromatic heterocycles. The summed E-state index contributed by atoms with van der Waals surface area (Å²) in [6, 6.07) is 42.4. The van der Waals surface area contributed by atoms with Crippen molar-refractivity contribution in [2.24, 2.45) is 9.98 Å². The zero-order valence-electron chi connectivity index (χ0n) is 22.8. The zero-order valence-corrected chi connectivity index (χ0v) is 23.6. The molecular weight excluding hydrogens is 524 g/mol. The van der Waals surface area contributed by atoms with Crippen molar-refractivity contribution in [2.45, 2.75) is 29.4 Å². The van der Waals surface area contributed by atoms with Crippen molar-refractivity contribution < 1.29 is 4.21 Å². The Balaban J connectivity index is 1.55. The summed E-state index contributed by atoms with van der Waals surface area (Å²) in [7, 11) is -1.27. The maximum Gasteiger partial charge on any atom is 0.145 e. The molecular formula is C35H30N4OS. The first-order valence-electron chi connectivity index (χ1n) is 13.5. The van der Waals surface area contributed by atoms with E-state index in [0.717, 1.165) is 48.8 Å². The van der Waals surface area contributed by atoms with Gasteiger partial charge in [-0.25, -0.2) is 4.21 Å². The van der Waals surface area contributed by atoms with Crippen LogP contribution in [0.3, 0.4) is 0 Å². The van der Waals surface area contributed by atoms with Gasteiger partial charge >= 0.3 is 0 Å². The van der Waals surface area contributed by atoms with Gasteiger partial charge in [-0.2, -0.15) is 0 Å². The summed E-state index contributed by atoms with van der Waals surface area (Å²) in [5.41, 5.74) is 5.89. The molecule has 0 radical (unpaired) electrons. The number of amidine groups is 1. The Morgan fingerprint density at radius 3 is 2.27 bits per heavy atom. The number of aryl methyl sites for hydroxylation is 1. The normalized spacial score (nSPS) is 14.6. The van der Waals surface area contributed by atoms with Crippen LogP contribution in [0.2, 0.25) is 0 Å². The molecule has 6 heteroatoms. The molecule has 2 unspecified atom stereocenters. The number of nitrogens with one attached hydrogen (secondary N) is 1. The van der Waals surface area contributed by atoms with E-state index in [1.165, 1.54) is 0 Å². The SMILES string of the molecule is C=NC(NC(=NCc1ccccc1)c1ccc(C)n2c3c(cccc3cc1)S(=O)c1ccccc1-2)c1ccccc1. The molecule has 0 saturated carbocycles. The van der Waals surface area contributed by atoms with E-state index in [4.69, 9.17) is 4.99 Å². The van der Waals surface area contributed by atoms with Crippen molar-refractivity contribution in [3.05, 3.63) is 150 Å². The first-order valence-corrected chi connectivity index (χ1v) is 14.7. The van der Waals surface area contributed by atoms with Gasteiger partial charge in [-0.3, -0.25) is 9.98 Å². The lowest BCUT2D eigenvalue weighted by atomic mass is 10.1. The molecule has 6 rings (SSSR count). The third-order valence-corrected chi connectivity index (χ3v) is 8.64. The van der Waals surface area contributed by atoms with Crippen LogP contribution >= 0.6 is 0 Å². The van der Waals surface area contributed by atoms with Crippen LogP contribution < -0.4 is 5.32 Å². The van der Waals surface area contributed by atoms with Crippen molar-refractivity contribution in [3.8, 4) is 5.69 Å². The third-order valence-electron chi connectivity index (χ3n) is 7.17. The van der Waals surface area contributed by atoms with Crippen molar-refractivity contribution in [1.82, 2.24) is 9.88 Å². The lowest BCUT2D eigenvalue weighted by molar-refractivity contribution is 0.681. The fraction of sp³-hybridized carbons (Fsp3) is 0.0857. The van der Waals surface area contributed by atoms with Crippen LogP contribution in [0.15, 0.2) is 147 Å². The summed E-state index contributed by atoms with van der Waals surface area (Å²) in [6.45, 7) is 6.45. The standard InChI is InChI=1S/C35H30N4OS/c1-25-20-21-29(23-22-27-16-11-19-32-33(27)39(25)30-17-9-10-18-31(30)41(32)40)35(37-24-26-12-5-3-6-13-26)38-34(36-2)28-14-7-4-8-15-28/h3-23,34H,2,24H2,1H3,(H,37,38). The van der Waals surface area contributed by atoms with Gasteiger partial charge in [-0.1, -0.05) is 97.1 Å². The van der Waals surface area contributed by atoms with Gasteiger partial charge < -0.3 is 9.88 Å². The highest BCUT2D eigenvalue weighted by Crippen LogP contribution is 2.35. The summed E-state index contributed by atoms with van der Waals surface area (Å²) < 4.78 is 15.8. The van der Waals surface area contributed by atoms with Gasteiger partial charge in [0.05, 0.1) is 38.3 Å². The number of aromatic nitrogens is 1. The monoisotopic (exact) mass is 554 g/mol. The predicted molar refractivity (Wildman–Crippen MR) is 169 cm³/mol. The average Bonchev–Trinajstić information content (AvgIpc) is 3.09. The Bertz CT molecular complexity index is 1840. The molecule has 0 aliphatic carbocycles. The minimum Gasteiger partial charge on any atom is -0.345 e. The molecule has 0 fully saturated rings. The van der Waals surface area contributed by atoms with Gasteiger partial charge in [-0.15, -0.1) is 0 Å². The number of hydrogen-bond donors (Lipinski definition) is 1. The Kier molecular flexibility index (Phi) is 7.56. The second kappa shape index (κ2) is 11.7. The molecule has 5 aromatic rings. The number of rotatable bonds is 6. The second-order valence-corrected chi connectivity index (χ2v) is 11.2. The van der Waals surface area contributed by atoms with Gasteiger partial charge in [0.2, 0.25) is 0 Å². The average molecular weight is 555 g/mol. The summed E-state index contributed by atoms with van der Waals surface area (Å²) in [5.74, 6) is 0.709. The van der Waals surface area contributed by atoms with Gasteiger partial charge in [0.25, 0.3) is 0 Å². The van der Waals surface area contributed by atoms with E-state index >= 15 is 0 Å². The van der Waals surface area contributed by atoms with Gasteiger partial charge in [0.15, 0.2) is 0 Å². The van der Waals surface area contributed by atoms with E-state index in [9.17, 15) is 4.21 Å². The van der Waals surface area contributed by atoms with Crippen LogP contribution in [0, 0.1) is 6.92 Å². The Hall–Kier alpha value is -4.81. The van der Waals surface area contributed by atoms with Gasteiger partial charge in [0, 0.05) is 11.3 Å². The molecule has 1 aliphatic rings. The van der Waals surface area contributed by atoms with Crippen molar-refractivity contribution in [3.63, 3.8) is 0 Å². The molecule has 0 amide bonds. The number of nitrogens with zero attached hydrogens (tertiary/aromatic N) is 3. The highest BCUT2D eigenvalue weighted by Gasteiger charge is 2.23. The molecule has 5 nitrogen and oxygen atoms in total. The van der Waals surface area contributed by atoms with Gasteiger partial charge in [-0.05, 0) is 60.5 Å². The van der Waals surface area contributed by atoms with Crippen molar-refractivity contribution in [2.75, 3.05) is 0 Å². The van der Waals surface area contributed by atoms with Crippen molar-refractivity contribution >= 4 is 34.3 Å². The summed E-state index contributed by atoms with van der Waals surface area (Å²) >= 11 is 0. The first kappa shape index (κ1) is 26.4. The van der Waals surface area contributed by atoms with E-state index in [0.29, 0.717) is 12.4 Å². The molecule has 0 bridgehead atoms. The maximum absolute atomic E-state index is 13.6. The fourth-order valence-corrected chi connectivity index (χ4v) is 6.49. The minimum absolute atomic E-state index is 0.371. The molecule has 0 saturated heterocycles. The van der Waals surface area contributed by atoms with Crippen LogP contribution in [-0.2, 0) is 17.3 Å². The van der Waals surface area contributed by atoms with E-state index in [1.54, 1.807) is 0 Å². The smallest absolute Gasteiger partial charge is 0.145 e.